The Hall–Kier alpha value is -4.50. The zero-order valence-electron chi connectivity index (χ0n) is 22.8. The Morgan fingerprint density at radius 1 is 0.738 bits per heavy atom. The molecule has 1 aliphatic rings. The summed E-state index contributed by atoms with van der Waals surface area (Å²) in [5.74, 6) is -3.13. The van der Waals surface area contributed by atoms with Gasteiger partial charge in [-0.2, -0.15) is 4.39 Å². The topological polar surface area (TPSA) is 96.0 Å². The predicted octanol–water partition coefficient (Wildman–Crippen LogP) is 7.40. The summed E-state index contributed by atoms with van der Waals surface area (Å²) in [7, 11) is 0. The van der Waals surface area contributed by atoms with Crippen molar-refractivity contribution in [3.63, 3.8) is 0 Å². The Kier molecular flexibility index (Phi) is 10.4. The van der Waals surface area contributed by atoms with Crippen LogP contribution in [0.5, 0.6) is 11.5 Å². The second-order valence-electron chi connectivity index (χ2n) is 9.68. The molecule has 0 atom stereocenters. The third-order valence-electron chi connectivity index (χ3n) is 6.48. The lowest BCUT2D eigenvalue weighted by Crippen LogP contribution is -2.22. The maximum Gasteiger partial charge on any atom is 0.371 e. The van der Waals surface area contributed by atoms with Crippen molar-refractivity contribution in [2.75, 3.05) is 0 Å². The number of halogens is 1. The van der Waals surface area contributed by atoms with Crippen molar-refractivity contribution in [3.05, 3.63) is 103 Å². The summed E-state index contributed by atoms with van der Waals surface area (Å²) in [5, 5.41) is -0.217. The number of esters is 3. The quantitative estimate of drug-likeness (QED) is 0.105. The van der Waals surface area contributed by atoms with Crippen molar-refractivity contribution < 1.29 is 37.8 Å². The van der Waals surface area contributed by atoms with Gasteiger partial charge in [0.2, 0.25) is 10.9 Å². The van der Waals surface area contributed by atoms with E-state index in [9.17, 15) is 23.6 Å². The molecule has 7 nitrogen and oxygen atoms in total. The van der Waals surface area contributed by atoms with Crippen molar-refractivity contribution in [2.24, 2.45) is 0 Å². The van der Waals surface area contributed by atoms with Gasteiger partial charge in [0.1, 0.15) is 17.6 Å². The summed E-state index contributed by atoms with van der Waals surface area (Å²) in [4.78, 5) is 49.2. The molecule has 0 aliphatic heterocycles. The van der Waals surface area contributed by atoms with Gasteiger partial charge in [-0.25, -0.2) is 9.59 Å². The minimum Gasteiger partial charge on any atom is -0.462 e. The molecule has 4 rings (SSSR count). The van der Waals surface area contributed by atoms with E-state index in [4.69, 9.17) is 14.2 Å². The van der Waals surface area contributed by atoms with Crippen LogP contribution in [0, 0.1) is 0 Å². The van der Waals surface area contributed by atoms with Gasteiger partial charge in [0, 0.05) is 16.0 Å². The van der Waals surface area contributed by atoms with Crippen LogP contribution in [-0.2, 0) is 19.1 Å². The van der Waals surface area contributed by atoms with Crippen molar-refractivity contribution in [1.82, 2.24) is 0 Å². The van der Waals surface area contributed by atoms with Crippen LogP contribution in [0.2, 0.25) is 0 Å². The first-order chi connectivity index (χ1) is 20.2. The normalized spacial score (nSPS) is 13.1. The molecule has 0 radical (unpaired) electrons. The molecule has 0 unspecified atom stereocenters. The molecule has 0 amide bonds. The van der Waals surface area contributed by atoms with Gasteiger partial charge in [0.05, 0.1) is 6.42 Å². The van der Waals surface area contributed by atoms with Crippen LogP contribution >= 0.6 is 11.8 Å². The van der Waals surface area contributed by atoms with Crippen LogP contribution in [-0.4, -0.2) is 29.1 Å². The lowest BCUT2D eigenvalue weighted by Gasteiger charge is -2.21. The highest BCUT2D eigenvalue weighted by Gasteiger charge is 2.21. The number of hydrogen-bond acceptors (Lipinski definition) is 8. The first kappa shape index (κ1) is 30.5. The average Bonchev–Trinajstić information content (AvgIpc) is 2.98. The largest absolute Gasteiger partial charge is 0.462 e. The van der Waals surface area contributed by atoms with Gasteiger partial charge in [0.25, 0.3) is 0 Å². The summed E-state index contributed by atoms with van der Waals surface area (Å²) in [6.07, 6.45) is 4.65. The van der Waals surface area contributed by atoms with Crippen molar-refractivity contribution in [3.8, 4) is 22.6 Å². The highest BCUT2D eigenvalue weighted by Crippen LogP contribution is 2.29. The van der Waals surface area contributed by atoms with Gasteiger partial charge in [0.15, 0.2) is 0 Å². The first-order valence-corrected chi connectivity index (χ1v) is 14.2. The molecule has 216 valence electrons. The number of carbonyl (C=O) groups excluding carboxylic acids is 4. The van der Waals surface area contributed by atoms with E-state index in [1.54, 1.807) is 24.3 Å². The molecule has 0 bridgehead atoms. The number of carbonyl (C=O) groups is 4. The fraction of sp³-hybridized carbons (Fsp3) is 0.212. The lowest BCUT2D eigenvalue weighted by molar-refractivity contribution is -0.150. The average molecular weight is 589 g/mol. The molecule has 1 fully saturated rings. The van der Waals surface area contributed by atoms with Crippen LogP contribution in [0.4, 0.5) is 4.39 Å². The molecule has 1 saturated carbocycles. The van der Waals surface area contributed by atoms with E-state index < -0.39 is 23.7 Å². The SMILES string of the molecule is C=C(F)C(=O)Oc1ccc(C(=O)Sc2ccc(-c3ccc(OC(=O)C(=C)CC(=O)OC4CCCCC4)cc3)cc2)cc1. The Bertz CT molecular complexity index is 1470. The number of rotatable bonds is 10. The first-order valence-electron chi connectivity index (χ1n) is 13.4. The second-order valence-corrected chi connectivity index (χ2v) is 10.7. The number of thioether (sulfide) groups is 1. The molecule has 0 N–H and O–H groups in total. The van der Waals surface area contributed by atoms with Gasteiger partial charge >= 0.3 is 17.9 Å². The van der Waals surface area contributed by atoms with Gasteiger partial charge in [-0.05, 0) is 97.1 Å². The summed E-state index contributed by atoms with van der Waals surface area (Å²) in [5.41, 5.74) is 2.18. The molecule has 1 aliphatic carbocycles. The zero-order chi connectivity index (χ0) is 30.1. The van der Waals surface area contributed by atoms with E-state index in [0.29, 0.717) is 11.3 Å². The van der Waals surface area contributed by atoms with Crippen LogP contribution in [0.25, 0.3) is 11.1 Å². The van der Waals surface area contributed by atoms with E-state index >= 15 is 0 Å². The molecule has 3 aromatic carbocycles. The van der Waals surface area contributed by atoms with Crippen LogP contribution < -0.4 is 9.47 Å². The Morgan fingerprint density at radius 2 is 1.26 bits per heavy atom. The number of benzene rings is 3. The second kappa shape index (κ2) is 14.4. The molecule has 0 heterocycles. The summed E-state index contributed by atoms with van der Waals surface area (Å²) >= 11 is 1.03. The molecular weight excluding hydrogens is 559 g/mol. The number of ether oxygens (including phenoxy) is 3. The molecule has 9 heteroatoms. The van der Waals surface area contributed by atoms with E-state index in [2.05, 4.69) is 13.2 Å². The van der Waals surface area contributed by atoms with E-state index in [1.807, 2.05) is 24.3 Å². The molecule has 3 aromatic rings. The van der Waals surface area contributed by atoms with E-state index in [-0.39, 0.29) is 29.0 Å². The fourth-order valence-corrected chi connectivity index (χ4v) is 4.99. The summed E-state index contributed by atoms with van der Waals surface area (Å²) in [6, 6.07) is 20.0. The monoisotopic (exact) mass is 588 g/mol. The standard InChI is InChI=1S/C33H29FO7S/c1-21(20-30(35)39-26-6-4-3-5-7-26)31(36)40-27-14-8-23(9-15-27)24-12-18-29(19-13-24)42-33(38)25-10-16-28(17-11-25)41-32(37)22(2)34/h8-19,26H,1-7,20H2. The minimum absolute atomic E-state index is 0.0324. The molecule has 42 heavy (non-hydrogen) atoms. The molecule has 0 saturated heterocycles. The van der Waals surface area contributed by atoms with E-state index in [1.165, 1.54) is 24.3 Å². The summed E-state index contributed by atoms with van der Waals surface area (Å²) in [6.45, 7) is 6.56. The Labute approximate surface area is 247 Å². The predicted molar refractivity (Wildman–Crippen MR) is 157 cm³/mol. The third-order valence-corrected chi connectivity index (χ3v) is 7.41. The fourth-order valence-electron chi connectivity index (χ4n) is 4.25. The molecular formula is C33H29FO7S. The van der Waals surface area contributed by atoms with Crippen molar-refractivity contribution in [1.29, 1.82) is 0 Å². The van der Waals surface area contributed by atoms with Crippen LogP contribution in [0.3, 0.4) is 0 Å². The zero-order valence-corrected chi connectivity index (χ0v) is 23.6. The highest BCUT2D eigenvalue weighted by atomic mass is 32.2. The Balaban J connectivity index is 1.27. The smallest absolute Gasteiger partial charge is 0.371 e. The van der Waals surface area contributed by atoms with Gasteiger partial charge in [-0.1, -0.05) is 43.8 Å². The lowest BCUT2D eigenvalue weighted by atomic mass is 9.98. The third kappa shape index (κ3) is 8.75. The van der Waals surface area contributed by atoms with Gasteiger partial charge < -0.3 is 14.2 Å². The highest BCUT2D eigenvalue weighted by molar-refractivity contribution is 8.14. The molecule has 0 spiro atoms. The summed E-state index contributed by atoms with van der Waals surface area (Å²) < 4.78 is 28.4. The van der Waals surface area contributed by atoms with Gasteiger partial charge in [-0.15, -0.1) is 0 Å². The molecule has 0 aromatic heterocycles. The van der Waals surface area contributed by atoms with Crippen LogP contribution in [0.1, 0.15) is 48.9 Å². The maximum atomic E-state index is 12.8. The van der Waals surface area contributed by atoms with Crippen LogP contribution in [0.15, 0.2) is 102 Å². The Morgan fingerprint density at radius 3 is 1.83 bits per heavy atom. The maximum absolute atomic E-state index is 12.8. The van der Waals surface area contributed by atoms with E-state index in [0.717, 1.165) is 59.9 Å². The minimum atomic E-state index is -1.21. The van der Waals surface area contributed by atoms with Crippen molar-refractivity contribution in [2.45, 2.75) is 49.5 Å². The van der Waals surface area contributed by atoms with Gasteiger partial charge in [-0.3, -0.25) is 9.59 Å². The van der Waals surface area contributed by atoms with Crippen molar-refractivity contribution >= 4 is 34.8 Å². The number of hydrogen-bond donors (Lipinski definition) is 0.